The van der Waals surface area contributed by atoms with Gasteiger partial charge in [-0.05, 0) is 13.8 Å². The van der Waals surface area contributed by atoms with E-state index in [0.717, 1.165) is 0 Å². The molecule has 0 spiro atoms. The summed E-state index contributed by atoms with van der Waals surface area (Å²) >= 11 is 0. The summed E-state index contributed by atoms with van der Waals surface area (Å²) in [6.45, 7) is 4.07. The summed E-state index contributed by atoms with van der Waals surface area (Å²) in [4.78, 5) is 0. The van der Waals surface area contributed by atoms with Crippen molar-refractivity contribution in [3.05, 3.63) is 0 Å². The van der Waals surface area contributed by atoms with Gasteiger partial charge in [0, 0.05) is 28.4 Å². The van der Waals surface area contributed by atoms with Gasteiger partial charge in [0.2, 0.25) is 0 Å². The van der Waals surface area contributed by atoms with Gasteiger partial charge in [-0.25, -0.2) is 0 Å². The van der Waals surface area contributed by atoms with Gasteiger partial charge in [-0.15, -0.1) is 0 Å². The molecule has 0 aliphatic carbocycles. The van der Waals surface area contributed by atoms with Crippen molar-refractivity contribution in [2.24, 2.45) is 0 Å². The first-order valence-corrected chi connectivity index (χ1v) is 9.57. The zero-order valence-corrected chi connectivity index (χ0v) is 15.0. The second-order valence-electron chi connectivity index (χ2n) is 4.64. The third kappa shape index (κ3) is 6.68. The molecular weight excluding hydrogens is 252 g/mol. The van der Waals surface area contributed by atoms with Crippen LogP contribution in [0.25, 0.3) is 0 Å². The molecule has 0 radical (unpaired) electrons. The molecule has 4 nitrogen and oxygen atoms in total. The number of ether oxygens (including phenoxy) is 4. The minimum absolute atomic E-state index is 0.298. The molecule has 0 unspecified atom stereocenters. The molecule has 0 rings (SSSR count). The van der Waals surface area contributed by atoms with Crippen LogP contribution in [0.4, 0.5) is 0 Å². The average Bonchev–Trinajstić information content (AvgIpc) is 2.37. The fourth-order valence-corrected chi connectivity index (χ4v) is 5.66. The van der Waals surface area contributed by atoms with Crippen molar-refractivity contribution in [2.45, 2.75) is 43.2 Å². The van der Waals surface area contributed by atoms with Crippen LogP contribution in [0, 0.1) is 0 Å². The van der Waals surface area contributed by atoms with E-state index < -0.39 is 0 Å². The van der Waals surface area contributed by atoms with Crippen LogP contribution in [0.1, 0.15) is 20.3 Å². The monoisotopic (exact) mass is 280 g/mol. The van der Waals surface area contributed by atoms with Crippen molar-refractivity contribution >= 4 is 19.0 Å². The topological polar surface area (TPSA) is 36.9 Å². The molecule has 0 fully saturated rings. The normalized spacial score (nSPS) is 14.5. The van der Waals surface area contributed by atoms with E-state index in [4.69, 9.17) is 18.9 Å². The SMILES string of the molecule is COC(C)(OC)[SiH2]CCC[SiH2]C(C)(OC)OC. The zero-order chi connectivity index (χ0) is 13.4. The molecule has 0 saturated carbocycles. The van der Waals surface area contributed by atoms with E-state index in [1.807, 2.05) is 13.8 Å². The van der Waals surface area contributed by atoms with Crippen molar-refractivity contribution in [1.82, 2.24) is 0 Å². The predicted octanol–water partition coefficient (Wildman–Crippen LogP) is 0.484. The fraction of sp³-hybridized carbons (Fsp3) is 1.00. The Labute approximate surface area is 110 Å². The second kappa shape index (κ2) is 8.39. The smallest absolute Gasteiger partial charge is 0.141 e. The highest BCUT2D eigenvalue weighted by molar-refractivity contribution is 6.40. The zero-order valence-electron chi connectivity index (χ0n) is 12.2. The van der Waals surface area contributed by atoms with E-state index in [0.29, 0.717) is 0 Å². The first-order chi connectivity index (χ1) is 7.95. The van der Waals surface area contributed by atoms with Crippen LogP contribution in [-0.4, -0.2) is 58.3 Å². The van der Waals surface area contributed by atoms with Crippen LogP contribution in [-0.2, 0) is 18.9 Å². The third-order valence-electron chi connectivity index (χ3n) is 3.49. The summed E-state index contributed by atoms with van der Waals surface area (Å²) in [5.74, 6) is 0. The predicted molar refractivity (Wildman–Crippen MR) is 76.2 cm³/mol. The van der Waals surface area contributed by atoms with E-state index in [9.17, 15) is 0 Å². The fourth-order valence-electron chi connectivity index (χ4n) is 1.64. The molecule has 0 heterocycles. The van der Waals surface area contributed by atoms with Gasteiger partial charge in [-0.3, -0.25) is 0 Å². The summed E-state index contributed by atoms with van der Waals surface area (Å²) in [7, 11) is 6.18. The molecular formula is C11H28O4Si2. The summed E-state index contributed by atoms with van der Waals surface area (Å²) in [5, 5.41) is 0. The maximum atomic E-state index is 5.38. The Morgan fingerprint density at radius 3 is 1.24 bits per heavy atom. The Morgan fingerprint density at radius 2 is 1.00 bits per heavy atom. The van der Waals surface area contributed by atoms with Gasteiger partial charge in [0.1, 0.15) is 10.8 Å². The van der Waals surface area contributed by atoms with Crippen LogP contribution in [0.2, 0.25) is 12.1 Å². The van der Waals surface area contributed by atoms with E-state index in [2.05, 4.69) is 0 Å². The summed E-state index contributed by atoms with van der Waals surface area (Å²) in [6.07, 6.45) is 1.24. The molecule has 0 atom stereocenters. The van der Waals surface area contributed by atoms with Gasteiger partial charge in [0.15, 0.2) is 0 Å². The molecule has 0 saturated heterocycles. The molecule has 0 N–H and O–H groups in total. The molecule has 6 heteroatoms. The van der Waals surface area contributed by atoms with Crippen LogP contribution >= 0.6 is 0 Å². The van der Waals surface area contributed by atoms with E-state index in [1.165, 1.54) is 18.5 Å². The van der Waals surface area contributed by atoms with Crippen LogP contribution < -0.4 is 0 Å². The van der Waals surface area contributed by atoms with Crippen molar-refractivity contribution < 1.29 is 18.9 Å². The van der Waals surface area contributed by atoms with Gasteiger partial charge < -0.3 is 18.9 Å². The molecule has 0 aliphatic rings. The minimum Gasteiger partial charge on any atom is -0.358 e. The lowest BCUT2D eigenvalue weighted by Crippen LogP contribution is -2.38. The molecule has 0 bridgehead atoms. The molecule has 0 aromatic heterocycles. The lowest BCUT2D eigenvalue weighted by molar-refractivity contribution is -0.131. The first-order valence-electron chi connectivity index (χ1n) is 6.16. The largest absolute Gasteiger partial charge is 0.358 e. The lowest BCUT2D eigenvalue weighted by atomic mass is 10.6. The summed E-state index contributed by atoms with van der Waals surface area (Å²) in [5.41, 5.74) is -0.596. The Hall–Kier alpha value is 0.274. The van der Waals surface area contributed by atoms with Crippen molar-refractivity contribution in [3.8, 4) is 0 Å². The molecule has 0 aromatic rings. The Morgan fingerprint density at radius 1 is 0.706 bits per heavy atom. The molecule has 0 amide bonds. The van der Waals surface area contributed by atoms with Crippen LogP contribution in [0.5, 0.6) is 0 Å². The van der Waals surface area contributed by atoms with Gasteiger partial charge in [0.25, 0.3) is 0 Å². The Kier molecular flexibility index (Phi) is 8.52. The van der Waals surface area contributed by atoms with Crippen molar-refractivity contribution in [2.75, 3.05) is 28.4 Å². The van der Waals surface area contributed by atoms with Gasteiger partial charge in [-0.1, -0.05) is 18.5 Å². The minimum atomic E-state index is -0.352. The first kappa shape index (κ1) is 17.3. The quantitative estimate of drug-likeness (QED) is 0.331. The lowest BCUT2D eigenvalue weighted by Gasteiger charge is -2.27. The number of hydrogen-bond acceptors (Lipinski definition) is 4. The van der Waals surface area contributed by atoms with Gasteiger partial charge in [-0.2, -0.15) is 0 Å². The molecule has 0 aliphatic heterocycles. The molecule has 17 heavy (non-hydrogen) atoms. The maximum absolute atomic E-state index is 5.38. The summed E-state index contributed by atoms with van der Waals surface area (Å²) < 4.78 is 21.5. The van der Waals surface area contributed by atoms with Crippen LogP contribution in [0.15, 0.2) is 0 Å². The maximum Gasteiger partial charge on any atom is 0.141 e. The number of rotatable bonds is 10. The van der Waals surface area contributed by atoms with E-state index in [-0.39, 0.29) is 29.9 Å². The second-order valence-corrected chi connectivity index (χ2v) is 9.63. The van der Waals surface area contributed by atoms with E-state index in [1.54, 1.807) is 28.4 Å². The highest BCUT2D eigenvalue weighted by Gasteiger charge is 2.24. The highest BCUT2D eigenvalue weighted by atomic mass is 28.2. The van der Waals surface area contributed by atoms with Gasteiger partial charge >= 0.3 is 0 Å². The van der Waals surface area contributed by atoms with Crippen molar-refractivity contribution in [3.63, 3.8) is 0 Å². The Bertz CT molecular complexity index is 174. The third-order valence-corrected chi connectivity index (χ3v) is 8.17. The van der Waals surface area contributed by atoms with Crippen molar-refractivity contribution in [1.29, 1.82) is 0 Å². The Balaban J connectivity index is 3.72. The number of hydrogen-bond donors (Lipinski definition) is 0. The standard InChI is InChI=1S/C11H28O4Si2/c1-10(12-3,13-4)16-8-7-9-17-11(2,14-5)15-6/h7-9,16-17H2,1-6H3. The van der Waals surface area contributed by atoms with E-state index >= 15 is 0 Å². The summed E-state index contributed by atoms with van der Waals surface area (Å²) in [6, 6.07) is 2.49. The molecule has 104 valence electrons. The van der Waals surface area contributed by atoms with Gasteiger partial charge in [0.05, 0.1) is 19.0 Å². The number of methoxy groups -OCH3 is 4. The highest BCUT2D eigenvalue weighted by Crippen LogP contribution is 2.14. The average molecular weight is 281 g/mol. The molecule has 0 aromatic carbocycles. The van der Waals surface area contributed by atoms with Crippen LogP contribution in [0.3, 0.4) is 0 Å².